The van der Waals surface area contributed by atoms with Gasteiger partial charge in [0.05, 0.1) is 10.5 Å². The number of nitro benzene ring substituents is 1. The third kappa shape index (κ3) is 1.93. The first-order valence-corrected chi connectivity index (χ1v) is 4.58. The number of nitrogens with zero attached hydrogens (tertiary/aromatic N) is 4. The van der Waals surface area contributed by atoms with E-state index in [1.54, 1.807) is 0 Å². The first kappa shape index (κ1) is 11.8. The van der Waals surface area contributed by atoms with Gasteiger partial charge in [0.2, 0.25) is 11.8 Å². The van der Waals surface area contributed by atoms with Gasteiger partial charge in [0.1, 0.15) is 12.1 Å². The largest absolute Gasteiger partial charge is 0.368 e. The molecule has 18 heavy (non-hydrogen) atoms. The lowest BCUT2D eigenvalue weighted by Gasteiger charge is -2.03. The predicted octanol–water partition coefficient (Wildman–Crippen LogP) is 1.31. The molecule has 2 rings (SSSR count). The summed E-state index contributed by atoms with van der Waals surface area (Å²) in [5.74, 6) is -3.03. The topological polar surface area (TPSA) is 108 Å². The van der Waals surface area contributed by atoms with Crippen LogP contribution in [0.2, 0.25) is 0 Å². The van der Waals surface area contributed by atoms with Gasteiger partial charge in [-0.15, -0.1) is 0 Å². The van der Waals surface area contributed by atoms with Gasteiger partial charge in [-0.2, -0.15) is 9.37 Å². The molecule has 1 aromatic heterocycles. The summed E-state index contributed by atoms with van der Waals surface area (Å²) in [5, 5.41) is 10.5. The second-order valence-corrected chi connectivity index (χ2v) is 3.18. The van der Waals surface area contributed by atoms with Crippen molar-refractivity contribution in [2.45, 2.75) is 0 Å². The normalized spacial score (nSPS) is 10.3. The number of nitrogen functional groups attached to an aromatic ring is 1. The van der Waals surface area contributed by atoms with Crippen LogP contribution in [-0.2, 0) is 0 Å². The molecule has 9 heteroatoms. The molecule has 2 aromatic rings. The highest BCUT2D eigenvalue weighted by Crippen LogP contribution is 2.29. The average molecular weight is 253 g/mol. The van der Waals surface area contributed by atoms with Crippen LogP contribution in [0.3, 0.4) is 0 Å². The Morgan fingerprint density at radius 3 is 2.61 bits per heavy atom. The molecule has 0 fully saturated rings. The molecule has 0 bridgehead atoms. The molecule has 0 saturated carbocycles. The molecule has 1 heterocycles. The van der Waals surface area contributed by atoms with Crippen LogP contribution in [0.5, 0.6) is 0 Å². The maximum atomic E-state index is 13.8. The summed E-state index contributed by atoms with van der Waals surface area (Å²) in [7, 11) is 0. The molecule has 0 radical (unpaired) electrons. The van der Waals surface area contributed by atoms with Crippen molar-refractivity contribution < 1.29 is 13.7 Å². The Hall–Kier alpha value is -2.71. The van der Waals surface area contributed by atoms with Gasteiger partial charge in [0, 0.05) is 6.07 Å². The van der Waals surface area contributed by atoms with Gasteiger partial charge in [0.25, 0.3) is 0 Å². The van der Waals surface area contributed by atoms with Crippen LogP contribution < -0.4 is 5.73 Å². The molecule has 0 amide bonds. The Labute approximate surface area is 98.5 Å². The molecule has 0 aliphatic carbocycles. The second kappa shape index (κ2) is 4.28. The minimum Gasteiger partial charge on any atom is -0.368 e. The van der Waals surface area contributed by atoms with E-state index >= 15 is 0 Å². The minimum absolute atomic E-state index is 0.245. The molecule has 0 atom stereocenters. The zero-order valence-corrected chi connectivity index (χ0v) is 8.67. The van der Waals surface area contributed by atoms with Gasteiger partial charge in [-0.05, 0) is 6.07 Å². The van der Waals surface area contributed by atoms with Crippen molar-refractivity contribution in [3.63, 3.8) is 0 Å². The van der Waals surface area contributed by atoms with Crippen molar-refractivity contribution in [1.82, 2.24) is 15.0 Å². The summed E-state index contributed by atoms with van der Waals surface area (Å²) in [6.07, 6.45) is 0.954. The first-order chi connectivity index (χ1) is 8.50. The number of halogens is 2. The van der Waals surface area contributed by atoms with Crippen LogP contribution in [-0.4, -0.2) is 19.9 Å². The summed E-state index contributed by atoms with van der Waals surface area (Å²) in [6.45, 7) is 0. The van der Waals surface area contributed by atoms with E-state index in [-0.39, 0.29) is 5.95 Å². The van der Waals surface area contributed by atoms with E-state index < -0.39 is 33.6 Å². The average Bonchev–Trinajstić information content (AvgIpc) is 2.28. The Bertz CT molecular complexity index is 634. The quantitative estimate of drug-likeness (QED) is 0.638. The fourth-order valence-electron chi connectivity index (χ4n) is 1.32. The molecular formula is C9H5F2N5O2. The summed E-state index contributed by atoms with van der Waals surface area (Å²) in [5.41, 5.74) is 3.67. The van der Waals surface area contributed by atoms with E-state index in [0.29, 0.717) is 0 Å². The molecule has 2 N–H and O–H groups in total. The van der Waals surface area contributed by atoms with Crippen molar-refractivity contribution in [2.24, 2.45) is 0 Å². The number of benzene rings is 1. The molecule has 1 aromatic carbocycles. The second-order valence-electron chi connectivity index (χ2n) is 3.18. The van der Waals surface area contributed by atoms with Gasteiger partial charge in [-0.3, -0.25) is 10.1 Å². The zero-order valence-electron chi connectivity index (χ0n) is 8.67. The Morgan fingerprint density at radius 2 is 2.00 bits per heavy atom. The maximum absolute atomic E-state index is 13.8. The number of hydrogen-bond acceptors (Lipinski definition) is 6. The first-order valence-electron chi connectivity index (χ1n) is 4.58. The van der Waals surface area contributed by atoms with E-state index in [2.05, 4.69) is 15.0 Å². The molecule has 92 valence electrons. The summed E-state index contributed by atoms with van der Waals surface area (Å²) >= 11 is 0. The van der Waals surface area contributed by atoms with Crippen LogP contribution in [0.15, 0.2) is 18.5 Å². The fourth-order valence-corrected chi connectivity index (χ4v) is 1.32. The van der Waals surface area contributed by atoms with Gasteiger partial charge in [0.15, 0.2) is 5.82 Å². The van der Waals surface area contributed by atoms with Crippen molar-refractivity contribution in [3.8, 4) is 11.4 Å². The molecule has 0 aliphatic heterocycles. The van der Waals surface area contributed by atoms with Crippen LogP contribution >= 0.6 is 0 Å². The number of nitrogens with two attached hydrogens (primary N) is 1. The van der Waals surface area contributed by atoms with Crippen LogP contribution in [0, 0.1) is 21.7 Å². The third-order valence-corrected chi connectivity index (χ3v) is 2.08. The zero-order chi connectivity index (χ0) is 13.3. The van der Waals surface area contributed by atoms with E-state index in [4.69, 9.17) is 5.73 Å². The van der Waals surface area contributed by atoms with Crippen molar-refractivity contribution >= 4 is 11.6 Å². The molecule has 0 spiro atoms. The van der Waals surface area contributed by atoms with Crippen LogP contribution in [0.1, 0.15) is 0 Å². The SMILES string of the molecule is Nc1ncnc(-c2c(F)ccc([N+](=O)[O-])c2F)n1. The van der Waals surface area contributed by atoms with E-state index in [0.717, 1.165) is 18.5 Å². The highest BCUT2D eigenvalue weighted by molar-refractivity contribution is 5.61. The van der Waals surface area contributed by atoms with Gasteiger partial charge >= 0.3 is 5.69 Å². The van der Waals surface area contributed by atoms with Gasteiger partial charge < -0.3 is 5.73 Å². The standard InChI is InChI=1S/C9H5F2N5O2/c10-4-1-2-5(16(17)18)7(11)6(4)8-13-3-14-9(12)15-8/h1-3H,(H2,12,13,14,15). The highest BCUT2D eigenvalue weighted by atomic mass is 19.1. The minimum atomic E-state index is -1.36. The predicted molar refractivity (Wildman–Crippen MR) is 56.2 cm³/mol. The monoisotopic (exact) mass is 253 g/mol. The molecule has 0 unspecified atom stereocenters. The summed E-state index contributed by atoms with van der Waals surface area (Å²) in [4.78, 5) is 20.1. The molecule has 7 nitrogen and oxygen atoms in total. The number of anilines is 1. The smallest absolute Gasteiger partial charge is 0.305 e. The summed E-state index contributed by atoms with van der Waals surface area (Å²) in [6, 6.07) is 1.48. The number of aromatic nitrogens is 3. The van der Waals surface area contributed by atoms with Crippen molar-refractivity contribution in [3.05, 3.63) is 40.2 Å². The Morgan fingerprint density at radius 1 is 1.28 bits per heavy atom. The van der Waals surface area contributed by atoms with Gasteiger partial charge in [-0.1, -0.05) is 0 Å². The van der Waals surface area contributed by atoms with Crippen LogP contribution in [0.25, 0.3) is 11.4 Å². The maximum Gasteiger partial charge on any atom is 0.305 e. The molecular weight excluding hydrogens is 248 g/mol. The lowest BCUT2D eigenvalue weighted by atomic mass is 10.1. The Balaban J connectivity index is 2.70. The van der Waals surface area contributed by atoms with E-state index in [1.165, 1.54) is 0 Å². The molecule has 0 saturated heterocycles. The fraction of sp³-hybridized carbons (Fsp3) is 0. The number of nitro groups is 1. The number of rotatable bonds is 2. The van der Waals surface area contributed by atoms with Gasteiger partial charge in [-0.25, -0.2) is 14.4 Å². The Kier molecular flexibility index (Phi) is 2.80. The van der Waals surface area contributed by atoms with Crippen molar-refractivity contribution in [1.29, 1.82) is 0 Å². The number of hydrogen-bond donors (Lipinski definition) is 1. The van der Waals surface area contributed by atoms with Crippen LogP contribution in [0.4, 0.5) is 20.4 Å². The summed E-state index contributed by atoms with van der Waals surface area (Å²) < 4.78 is 27.3. The molecule has 0 aliphatic rings. The van der Waals surface area contributed by atoms with E-state index in [1.807, 2.05) is 0 Å². The lowest BCUT2D eigenvalue weighted by molar-refractivity contribution is -0.387. The third-order valence-electron chi connectivity index (χ3n) is 2.08. The lowest BCUT2D eigenvalue weighted by Crippen LogP contribution is -2.03. The highest BCUT2D eigenvalue weighted by Gasteiger charge is 2.24. The van der Waals surface area contributed by atoms with E-state index in [9.17, 15) is 18.9 Å². The van der Waals surface area contributed by atoms with Crippen molar-refractivity contribution in [2.75, 3.05) is 5.73 Å².